The number of nitrogens with zero attached hydrogens (tertiary/aromatic N) is 3. The van der Waals surface area contributed by atoms with Gasteiger partial charge >= 0.3 is 0 Å². The van der Waals surface area contributed by atoms with Gasteiger partial charge in [0, 0.05) is 39.6 Å². The van der Waals surface area contributed by atoms with Crippen molar-refractivity contribution in [1.82, 2.24) is 10.1 Å². The average molecular weight is 634 g/mol. The van der Waals surface area contributed by atoms with Gasteiger partial charge in [0.2, 0.25) is 5.91 Å². The van der Waals surface area contributed by atoms with E-state index in [4.69, 9.17) is 27.7 Å². The third kappa shape index (κ3) is 5.14. The number of carbonyl (C=O) groups excluding carboxylic acids is 1. The first-order chi connectivity index (χ1) is 20.0. The van der Waals surface area contributed by atoms with Crippen molar-refractivity contribution >= 4 is 50.3 Å². The van der Waals surface area contributed by atoms with Crippen molar-refractivity contribution in [1.29, 1.82) is 0 Å². The number of aromatic nitrogens is 2. The highest BCUT2D eigenvalue weighted by Crippen LogP contribution is 2.57. The minimum absolute atomic E-state index is 0.0201. The molecule has 4 aromatic rings. The molecule has 42 heavy (non-hydrogen) atoms. The van der Waals surface area contributed by atoms with Crippen LogP contribution in [0.15, 0.2) is 57.9 Å². The monoisotopic (exact) mass is 632 g/mol. The number of rotatable bonds is 8. The predicted octanol–water partition coefficient (Wildman–Crippen LogP) is 6.20. The van der Waals surface area contributed by atoms with Crippen LogP contribution < -0.4 is 10.2 Å². The summed E-state index contributed by atoms with van der Waals surface area (Å²) in [5.74, 6) is -1.61. The molecule has 218 valence electrons. The molecule has 0 radical (unpaired) electrons. The zero-order chi connectivity index (χ0) is 29.8. The number of nitrogens with one attached hydrogen (secondary N) is 1. The molecule has 1 aliphatic carbocycles. The zero-order valence-electron chi connectivity index (χ0n) is 22.3. The number of carbonyl (C=O) groups is 1. The molecule has 0 atom stereocenters. The third-order valence-electron chi connectivity index (χ3n) is 7.69. The third-order valence-corrected chi connectivity index (χ3v) is 10.0. The van der Waals surface area contributed by atoms with Crippen molar-refractivity contribution in [3.8, 4) is 11.5 Å². The van der Waals surface area contributed by atoms with Crippen molar-refractivity contribution < 1.29 is 26.5 Å². The van der Waals surface area contributed by atoms with Gasteiger partial charge in [-0.05, 0) is 67.3 Å². The van der Waals surface area contributed by atoms with Crippen LogP contribution in [0.3, 0.4) is 0 Å². The SMILES string of the molecule is CCS(=O)(=O)c1ccc2c(c1)CCN2CC(=O)Nc1cc(Cl)c(C2(c3noc(-c4ccc(F)cc4F)n3)CC2)c(Cl)c1. The van der Waals surface area contributed by atoms with E-state index in [1.807, 2.05) is 4.90 Å². The maximum atomic E-state index is 14.3. The molecule has 0 unspecified atom stereocenters. The van der Waals surface area contributed by atoms with Crippen LogP contribution in [0, 0.1) is 11.6 Å². The lowest BCUT2D eigenvalue weighted by atomic mass is 9.94. The Kier molecular flexibility index (Phi) is 7.23. The number of sulfone groups is 1. The first-order valence-electron chi connectivity index (χ1n) is 13.2. The molecule has 0 spiro atoms. The molecule has 1 fully saturated rings. The first kappa shape index (κ1) is 28.6. The molecule has 13 heteroatoms. The van der Waals surface area contributed by atoms with Crippen LogP contribution in [0.5, 0.6) is 0 Å². The molecule has 3 aromatic carbocycles. The van der Waals surface area contributed by atoms with E-state index in [0.717, 1.165) is 23.4 Å². The molecular formula is C29H24Cl2F2N4O4S. The Morgan fingerprint density at radius 1 is 1.10 bits per heavy atom. The van der Waals surface area contributed by atoms with E-state index in [-0.39, 0.29) is 40.4 Å². The van der Waals surface area contributed by atoms with Crippen LogP contribution >= 0.6 is 23.2 Å². The fourth-order valence-electron chi connectivity index (χ4n) is 5.35. The summed E-state index contributed by atoms with van der Waals surface area (Å²) in [4.78, 5) is 19.5. The van der Waals surface area contributed by atoms with Crippen LogP contribution in [0.1, 0.15) is 36.7 Å². The molecule has 2 heterocycles. The number of hydrogen-bond donors (Lipinski definition) is 1. The Hall–Kier alpha value is -3.54. The second-order valence-electron chi connectivity index (χ2n) is 10.4. The Morgan fingerprint density at radius 2 is 1.83 bits per heavy atom. The van der Waals surface area contributed by atoms with Crippen molar-refractivity contribution in [3.63, 3.8) is 0 Å². The minimum Gasteiger partial charge on any atom is -0.362 e. The smallest absolute Gasteiger partial charge is 0.260 e. The molecule has 1 N–H and O–H groups in total. The second kappa shape index (κ2) is 10.6. The molecule has 2 aliphatic rings. The van der Waals surface area contributed by atoms with E-state index in [0.29, 0.717) is 47.1 Å². The highest BCUT2D eigenvalue weighted by Gasteiger charge is 2.52. The highest BCUT2D eigenvalue weighted by atomic mass is 35.5. The lowest BCUT2D eigenvalue weighted by Gasteiger charge is -2.20. The van der Waals surface area contributed by atoms with Crippen molar-refractivity contribution in [2.75, 3.05) is 29.1 Å². The van der Waals surface area contributed by atoms with Gasteiger partial charge in [-0.3, -0.25) is 4.79 Å². The van der Waals surface area contributed by atoms with Crippen LogP contribution in [0.4, 0.5) is 20.2 Å². The number of hydrogen-bond acceptors (Lipinski definition) is 7. The first-order valence-corrected chi connectivity index (χ1v) is 15.6. The summed E-state index contributed by atoms with van der Waals surface area (Å²) >= 11 is 13.4. The van der Waals surface area contributed by atoms with Crippen molar-refractivity contribution in [2.45, 2.75) is 36.5 Å². The van der Waals surface area contributed by atoms with E-state index in [1.165, 1.54) is 6.07 Å². The fraction of sp³-hybridized carbons (Fsp3) is 0.276. The normalized spacial score (nSPS) is 15.5. The summed E-state index contributed by atoms with van der Waals surface area (Å²) in [5, 5.41) is 7.47. The van der Waals surface area contributed by atoms with E-state index >= 15 is 0 Å². The maximum Gasteiger partial charge on any atom is 0.260 e. The zero-order valence-corrected chi connectivity index (χ0v) is 24.6. The second-order valence-corrected chi connectivity index (χ2v) is 13.5. The van der Waals surface area contributed by atoms with Gasteiger partial charge in [0.1, 0.15) is 11.6 Å². The largest absolute Gasteiger partial charge is 0.362 e. The van der Waals surface area contributed by atoms with Crippen molar-refractivity contribution in [2.24, 2.45) is 0 Å². The fourth-order valence-corrected chi connectivity index (χ4v) is 7.13. The topological polar surface area (TPSA) is 105 Å². The lowest BCUT2D eigenvalue weighted by molar-refractivity contribution is -0.115. The van der Waals surface area contributed by atoms with Crippen LogP contribution in [0.25, 0.3) is 11.5 Å². The molecule has 1 aliphatic heterocycles. The molecule has 1 aromatic heterocycles. The molecule has 8 nitrogen and oxygen atoms in total. The van der Waals surface area contributed by atoms with Gasteiger partial charge in [-0.1, -0.05) is 35.3 Å². The van der Waals surface area contributed by atoms with Gasteiger partial charge in [0.25, 0.3) is 5.89 Å². The Morgan fingerprint density at radius 3 is 2.50 bits per heavy atom. The number of anilines is 2. The number of benzene rings is 3. The predicted molar refractivity (Wildman–Crippen MR) is 155 cm³/mol. The number of amides is 1. The number of fused-ring (bicyclic) bond motifs is 1. The van der Waals surface area contributed by atoms with E-state index in [1.54, 1.807) is 37.3 Å². The van der Waals surface area contributed by atoms with E-state index in [9.17, 15) is 22.0 Å². The summed E-state index contributed by atoms with van der Waals surface area (Å²) in [6.45, 7) is 2.24. The van der Waals surface area contributed by atoms with Gasteiger partial charge < -0.3 is 14.7 Å². The van der Waals surface area contributed by atoms with Gasteiger partial charge in [-0.2, -0.15) is 4.98 Å². The Labute approximate surface area is 250 Å². The molecular weight excluding hydrogens is 609 g/mol. The summed E-state index contributed by atoms with van der Waals surface area (Å²) in [7, 11) is -3.31. The van der Waals surface area contributed by atoms with Gasteiger partial charge in [-0.25, -0.2) is 17.2 Å². The molecule has 0 bridgehead atoms. The average Bonchev–Trinajstić information content (AvgIpc) is 3.38. The Balaban J connectivity index is 1.18. The lowest BCUT2D eigenvalue weighted by Crippen LogP contribution is -2.31. The molecule has 0 saturated heterocycles. The molecule has 6 rings (SSSR count). The van der Waals surface area contributed by atoms with Crippen molar-refractivity contribution in [3.05, 3.63) is 87.2 Å². The quantitative estimate of drug-likeness (QED) is 0.247. The summed E-state index contributed by atoms with van der Waals surface area (Å²) in [6, 6.07) is 11.3. The highest BCUT2D eigenvalue weighted by molar-refractivity contribution is 7.91. The number of halogens is 4. The van der Waals surface area contributed by atoms with E-state index in [2.05, 4.69) is 15.5 Å². The molecule has 1 amide bonds. The minimum atomic E-state index is -3.31. The molecule has 1 saturated carbocycles. The Bertz CT molecular complexity index is 1820. The standard InChI is InChI=1S/C29H24Cl2F2N4O4S/c1-2-42(39,40)19-4-6-24-16(11-19)7-10-37(24)15-25(38)34-18-13-21(30)26(22(31)14-18)29(8-9-29)28-35-27(41-36-28)20-5-3-17(32)12-23(20)33/h3-6,11-14H,2,7-10,15H2,1H3,(H,34,38). The van der Waals surface area contributed by atoms with Gasteiger partial charge in [-0.15, -0.1) is 0 Å². The summed E-state index contributed by atoms with van der Waals surface area (Å²) in [6.07, 6.45) is 1.88. The van der Waals surface area contributed by atoms with Gasteiger partial charge in [0.15, 0.2) is 15.7 Å². The van der Waals surface area contributed by atoms with E-state index < -0.39 is 26.9 Å². The summed E-state index contributed by atoms with van der Waals surface area (Å²) in [5.41, 5.74) is 1.92. The van der Waals surface area contributed by atoms with Crippen LogP contribution in [0.2, 0.25) is 10.0 Å². The maximum absolute atomic E-state index is 14.3. The summed E-state index contributed by atoms with van der Waals surface area (Å²) < 4.78 is 57.4. The van der Waals surface area contributed by atoms with Crippen LogP contribution in [-0.2, 0) is 26.5 Å². The van der Waals surface area contributed by atoms with Gasteiger partial charge in [0.05, 0.1) is 28.2 Å². The van der Waals surface area contributed by atoms with Crippen LogP contribution in [-0.4, -0.2) is 43.3 Å².